The number of likely N-dealkylation sites (N-methyl/N-ethyl adjacent to an activating group) is 1. The zero-order valence-corrected chi connectivity index (χ0v) is 8.00. The van der Waals surface area contributed by atoms with Crippen LogP contribution in [0.2, 0.25) is 0 Å². The molecule has 8 heteroatoms. The van der Waals surface area contributed by atoms with Crippen molar-refractivity contribution >= 4 is 23.0 Å². The SMILES string of the molecule is CNC(=O)C(=NO)c1csc(=N)n1O. The average Bonchev–Trinajstić information content (AvgIpc) is 2.50. The maximum absolute atomic E-state index is 11.1. The molecule has 0 aliphatic carbocycles. The van der Waals surface area contributed by atoms with Crippen LogP contribution in [0.1, 0.15) is 5.69 Å². The van der Waals surface area contributed by atoms with Crippen LogP contribution in [0.15, 0.2) is 10.5 Å². The Morgan fingerprint density at radius 3 is 2.79 bits per heavy atom. The zero-order valence-electron chi connectivity index (χ0n) is 7.18. The van der Waals surface area contributed by atoms with E-state index in [1.807, 2.05) is 0 Å². The molecule has 0 aliphatic rings. The van der Waals surface area contributed by atoms with Crippen molar-refractivity contribution in [2.75, 3.05) is 7.05 Å². The van der Waals surface area contributed by atoms with E-state index in [2.05, 4.69) is 10.5 Å². The summed E-state index contributed by atoms with van der Waals surface area (Å²) in [6.45, 7) is 0. The highest BCUT2D eigenvalue weighted by Crippen LogP contribution is 2.01. The maximum atomic E-state index is 11.1. The number of hydrogen-bond acceptors (Lipinski definition) is 6. The van der Waals surface area contributed by atoms with Crippen molar-refractivity contribution < 1.29 is 15.2 Å². The molecule has 0 bridgehead atoms. The van der Waals surface area contributed by atoms with Crippen molar-refractivity contribution in [2.24, 2.45) is 5.16 Å². The minimum Gasteiger partial charge on any atom is -0.425 e. The second-order valence-corrected chi connectivity index (χ2v) is 3.12. The van der Waals surface area contributed by atoms with Gasteiger partial charge in [0.2, 0.25) is 4.80 Å². The molecule has 1 heterocycles. The molecule has 1 aromatic rings. The normalized spacial score (nSPS) is 11.4. The number of rotatable bonds is 2. The van der Waals surface area contributed by atoms with Crippen molar-refractivity contribution in [2.45, 2.75) is 0 Å². The van der Waals surface area contributed by atoms with E-state index in [0.717, 1.165) is 11.3 Å². The average molecular weight is 216 g/mol. The fraction of sp³-hybridized carbons (Fsp3) is 0.167. The van der Waals surface area contributed by atoms with Crippen molar-refractivity contribution in [3.8, 4) is 0 Å². The van der Waals surface area contributed by atoms with E-state index in [1.54, 1.807) is 0 Å². The number of carbonyl (C=O) groups excluding carboxylic acids is 1. The summed E-state index contributed by atoms with van der Waals surface area (Å²) in [6.07, 6.45) is 0. The third kappa shape index (κ3) is 1.59. The van der Waals surface area contributed by atoms with E-state index >= 15 is 0 Å². The number of carbonyl (C=O) groups is 1. The first-order chi connectivity index (χ1) is 6.61. The van der Waals surface area contributed by atoms with Gasteiger partial charge in [0, 0.05) is 12.4 Å². The van der Waals surface area contributed by atoms with Gasteiger partial charge in [0.25, 0.3) is 5.91 Å². The molecule has 0 unspecified atom stereocenters. The lowest BCUT2D eigenvalue weighted by atomic mass is 10.3. The number of hydrogen-bond donors (Lipinski definition) is 4. The third-order valence-corrected chi connectivity index (χ3v) is 2.22. The number of amides is 1. The summed E-state index contributed by atoms with van der Waals surface area (Å²) in [5, 5.41) is 31.3. The van der Waals surface area contributed by atoms with Crippen LogP contribution in [0.5, 0.6) is 0 Å². The number of oxime groups is 1. The highest BCUT2D eigenvalue weighted by molar-refractivity contribution is 7.07. The molecule has 14 heavy (non-hydrogen) atoms. The van der Waals surface area contributed by atoms with Crippen LogP contribution in [0.4, 0.5) is 0 Å². The first kappa shape index (κ1) is 10.3. The molecule has 0 atom stereocenters. The van der Waals surface area contributed by atoms with Gasteiger partial charge in [-0.15, -0.1) is 11.3 Å². The number of thiazole rings is 1. The minimum atomic E-state index is -0.645. The van der Waals surface area contributed by atoms with Crippen molar-refractivity contribution in [1.82, 2.24) is 10.0 Å². The Morgan fingerprint density at radius 2 is 2.43 bits per heavy atom. The van der Waals surface area contributed by atoms with E-state index in [9.17, 15) is 10.0 Å². The molecule has 0 radical (unpaired) electrons. The lowest BCUT2D eigenvalue weighted by molar-refractivity contribution is -0.114. The Morgan fingerprint density at radius 1 is 1.79 bits per heavy atom. The fourth-order valence-corrected chi connectivity index (χ4v) is 1.44. The molecule has 0 aromatic carbocycles. The summed E-state index contributed by atoms with van der Waals surface area (Å²) in [5.41, 5.74) is -0.369. The molecular formula is C6H8N4O3S. The highest BCUT2D eigenvalue weighted by Gasteiger charge is 2.18. The molecule has 0 saturated carbocycles. The second-order valence-electron chi connectivity index (χ2n) is 2.27. The Kier molecular flexibility index (Phi) is 2.87. The summed E-state index contributed by atoms with van der Waals surface area (Å²) in [5.74, 6) is -0.645. The Hall–Kier alpha value is -1.83. The van der Waals surface area contributed by atoms with Gasteiger partial charge in [0.05, 0.1) is 0 Å². The van der Waals surface area contributed by atoms with Crippen LogP contribution in [-0.2, 0) is 4.79 Å². The summed E-state index contributed by atoms with van der Waals surface area (Å²) in [6, 6.07) is 0. The van der Waals surface area contributed by atoms with Crippen molar-refractivity contribution in [3.05, 3.63) is 15.9 Å². The third-order valence-electron chi connectivity index (χ3n) is 1.49. The van der Waals surface area contributed by atoms with E-state index in [4.69, 9.17) is 10.6 Å². The van der Waals surface area contributed by atoms with Gasteiger partial charge in [-0.05, 0) is 0 Å². The summed E-state index contributed by atoms with van der Waals surface area (Å²) in [7, 11) is 1.36. The van der Waals surface area contributed by atoms with Gasteiger partial charge in [-0.2, -0.15) is 4.73 Å². The van der Waals surface area contributed by atoms with Crippen LogP contribution in [0, 0.1) is 5.41 Å². The van der Waals surface area contributed by atoms with Crippen molar-refractivity contribution in [3.63, 3.8) is 0 Å². The molecule has 0 saturated heterocycles. The van der Waals surface area contributed by atoms with E-state index in [1.165, 1.54) is 12.4 Å². The van der Waals surface area contributed by atoms with Crippen LogP contribution in [0.25, 0.3) is 0 Å². The summed E-state index contributed by atoms with van der Waals surface area (Å²) in [4.78, 5) is 11.0. The van der Waals surface area contributed by atoms with Gasteiger partial charge in [0.15, 0.2) is 5.71 Å². The first-order valence-corrected chi connectivity index (χ1v) is 4.38. The predicted octanol–water partition coefficient (Wildman–Crippen LogP) is -0.809. The lowest BCUT2D eigenvalue weighted by Gasteiger charge is -2.01. The Balaban J connectivity index is 3.22. The molecule has 1 rings (SSSR count). The van der Waals surface area contributed by atoms with Crippen LogP contribution in [-0.4, -0.2) is 33.8 Å². The molecule has 1 aromatic heterocycles. The maximum Gasteiger partial charge on any atom is 0.275 e. The van der Waals surface area contributed by atoms with Gasteiger partial charge in [0.1, 0.15) is 5.69 Å². The Bertz CT molecular complexity index is 433. The van der Waals surface area contributed by atoms with E-state index in [0.29, 0.717) is 4.73 Å². The molecule has 4 N–H and O–H groups in total. The molecule has 0 aliphatic heterocycles. The van der Waals surface area contributed by atoms with Gasteiger partial charge >= 0.3 is 0 Å². The Labute approximate surface area is 82.4 Å². The summed E-state index contributed by atoms with van der Waals surface area (Å²) < 4.78 is 0.467. The molecule has 0 fully saturated rings. The topological polar surface area (TPSA) is 111 Å². The van der Waals surface area contributed by atoms with Gasteiger partial charge in [-0.1, -0.05) is 5.16 Å². The number of nitrogens with zero attached hydrogens (tertiary/aromatic N) is 2. The monoisotopic (exact) mass is 216 g/mol. The zero-order chi connectivity index (χ0) is 10.7. The van der Waals surface area contributed by atoms with E-state index < -0.39 is 5.91 Å². The fourth-order valence-electron chi connectivity index (χ4n) is 0.808. The first-order valence-electron chi connectivity index (χ1n) is 3.50. The van der Waals surface area contributed by atoms with Crippen LogP contribution in [0.3, 0.4) is 0 Å². The van der Waals surface area contributed by atoms with Gasteiger partial charge in [-0.3, -0.25) is 10.2 Å². The molecular weight excluding hydrogens is 208 g/mol. The molecule has 0 spiro atoms. The summed E-state index contributed by atoms with van der Waals surface area (Å²) >= 11 is 0.910. The molecule has 7 nitrogen and oxygen atoms in total. The highest BCUT2D eigenvalue weighted by atomic mass is 32.1. The van der Waals surface area contributed by atoms with E-state index in [-0.39, 0.29) is 16.2 Å². The predicted molar refractivity (Wildman–Crippen MR) is 47.7 cm³/mol. The standard InChI is InChI=1S/C6H8N4O3S/c1-8-5(11)4(9-12)3-2-14-6(7)10(3)13/h2,7,12-13H,1H3,(H,8,11). The second kappa shape index (κ2) is 3.92. The quantitative estimate of drug-likeness (QED) is 0.224. The van der Waals surface area contributed by atoms with Crippen molar-refractivity contribution in [1.29, 1.82) is 5.41 Å². The van der Waals surface area contributed by atoms with Crippen LogP contribution >= 0.6 is 11.3 Å². The van der Waals surface area contributed by atoms with Gasteiger partial charge in [-0.25, -0.2) is 0 Å². The largest absolute Gasteiger partial charge is 0.425 e. The molecule has 1 amide bonds. The number of aromatic nitrogens is 1. The molecule has 76 valence electrons. The minimum absolute atomic E-state index is 0.0261. The van der Waals surface area contributed by atoms with Crippen LogP contribution < -0.4 is 10.1 Å². The number of nitrogens with one attached hydrogen (secondary N) is 2. The lowest BCUT2D eigenvalue weighted by Crippen LogP contribution is -2.31. The van der Waals surface area contributed by atoms with Gasteiger partial charge < -0.3 is 15.7 Å². The smallest absolute Gasteiger partial charge is 0.275 e.